The summed E-state index contributed by atoms with van der Waals surface area (Å²) >= 11 is 0. The summed E-state index contributed by atoms with van der Waals surface area (Å²) in [4.78, 5) is 13.8. The Bertz CT molecular complexity index is 1240. The molecule has 1 N–H and O–H groups in total. The normalized spacial score (nSPS) is 15.3. The fraction of sp³-hybridized carbons (Fsp3) is 0.273. The molecule has 0 aliphatic carbocycles. The Labute approximate surface area is 194 Å². The van der Waals surface area contributed by atoms with Crippen LogP contribution in [0, 0.1) is 0 Å². The first-order chi connectivity index (χ1) is 16.1. The van der Waals surface area contributed by atoms with Gasteiger partial charge in [0.15, 0.2) is 0 Å². The highest BCUT2D eigenvalue weighted by Crippen LogP contribution is 2.30. The van der Waals surface area contributed by atoms with E-state index in [1.165, 1.54) is 9.21 Å². The number of piperazine rings is 1. The van der Waals surface area contributed by atoms with Crippen molar-refractivity contribution in [3.8, 4) is 5.69 Å². The molecule has 34 heavy (non-hydrogen) atoms. The zero-order valence-corrected chi connectivity index (χ0v) is 18.8. The van der Waals surface area contributed by atoms with Crippen LogP contribution in [-0.4, -0.2) is 59.6 Å². The SMILES string of the molecule is O=C(NCc1cnn(-c2ccccc2)c1)N1CCN(S(=O)(=O)c2ccc(C(F)(F)F)cc2)CC1. The van der Waals surface area contributed by atoms with E-state index in [4.69, 9.17) is 0 Å². The van der Waals surface area contributed by atoms with Crippen molar-refractivity contribution < 1.29 is 26.4 Å². The van der Waals surface area contributed by atoms with Crippen LogP contribution < -0.4 is 5.32 Å². The Morgan fingerprint density at radius 2 is 1.62 bits per heavy atom. The van der Waals surface area contributed by atoms with Crippen molar-refractivity contribution in [2.24, 2.45) is 0 Å². The van der Waals surface area contributed by atoms with Gasteiger partial charge in [0, 0.05) is 44.5 Å². The van der Waals surface area contributed by atoms with E-state index in [-0.39, 0.29) is 43.7 Å². The lowest BCUT2D eigenvalue weighted by Gasteiger charge is -2.34. The van der Waals surface area contributed by atoms with Gasteiger partial charge < -0.3 is 10.2 Å². The van der Waals surface area contributed by atoms with E-state index in [9.17, 15) is 26.4 Å². The molecule has 12 heteroatoms. The van der Waals surface area contributed by atoms with Gasteiger partial charge in [-0.3, -0.25) is 0 Å². The van der Waals surface area contributed by atoms with Crippen molar-refractivity contribution in [2.75, 3.05) is 26.2 Å². The Hall–Kier alpha value is -3.38. The molecular weight excluding hydrogens is 471 g/mol. The number of alkyl halides is 3. The Morgan fingerprint density at radius 3 is 2.24 bits per heavy atom. The number of para-hydroxylation sites is 1. The third-order valence-electron chi connectivity index (χ3n) is 5.45. The van der Waals surface area contributed by atoms with E-state index in [1.807, 2.05) is 36.5 Å². The zero-order valence-electron chi connectivity index (χ0n) is 17.9. The Morgan fingerprint density at radius 1 is 0.971 bits per heavy atom. The fourth-order valence-corrected chi connectivity index (χ4v) is 4.98. The molecular formula is C22H22F3N5O3S. The van der Waals surface area contributed by atoms with E-state index >= 15 is 0 Å². The van der Waals surface area contributed by atoms with Crippen LogP contribution in [0.4, 0.5) is 18.0 Å². The molecule has 2 amide bonds. The molecule has 1 aliphatic heterocycles. The lowest BCUT2D eigenvalue weighted by atomic mass is 10.2. The molecule has 180 valence electrons. The number of rotatable bonds is 5. The minimum atomic E-state index is -4.54. The van der Waals surface area contributed by atoms with Crippen molar-refractivity contribution in [2.45, 2.75) is 17.6 Å². The number of nitrogens with zero attached hydrogens (tertiary/aromatic N) is 4. The average Bonchev–Trinajstić information content (AvgIpc) is 3.32. The topological polar surface area (TPSA) is 87.5 Å². The van der Waals surface area contributed by atoms with Crippen LogP contribution in [0.25, 0.3) is 5.69 Å². The van der Waals surface area contributed by atoms with E-state index in [0.717, 1.165) is 35.5 Å². The molecule has 1 aliphatic rings. The summed E-state index contributed by atoms with van der Waals surface area (Å²) in [6.07, 6.45) is -1.08. The van der Waals surface area contributed by atoms with Crippen molar-refractivity contribution in [3.63, 3.8) is 0 Å². The number of nitrogens with one attached hydrogen (secondary N) is 1. The highest BCUT2D eigenvalue weighted by molar-refractivity contribution is 7.89. The van der Waals surface area contributed by atoms with E-state index in [2.05, 4.69) is 10.4 Å². The third-order valence-corrected chi connectivity index (χ3v) is 7.36. The number of amides is 2. The molecule has 0 spiro atoms. The minimum absolute atomic E-state index is 0.0444. The largest absolute Gasteiger partial charge is 0.416 e. The number of sulfonamides is 1. The van der Waals surface area contributed by atoms with Crippen LogP contribution in [-0.2, 0) is 22.7 Å². The van der Waals surface area contributed by atoms with Crippen molar-refractivity contribution in [1.82, 2.24) is 24.3 Å². The summed E-state index contributed by atoms with van der Waals surface area (Å²) in [5.41, 5.74) is 0.786. The lowest BCUT2D eigenvalue weighted by molar-refractivity contribution is -0.137. The second kappa shape index (κ2) is 9.47. The molecule has 2 aromatic carbocycles. The summed E-state index contributed by atoms with van der Waals surface area (Å²) in [7, 11) is -3.96. The van der Waals surface area contributed by atoms with Crippen LogP contribution in [0.2, 0.25) is 0 Å². The molecule has 0 saturated carbocycles. The summed E-state index contributed by atoms with van der Waals surface area (Å²) in [5, 5.41) is 7.08. The van der Waals surface area contributed by atoms with E-state index in [0.29, 0.717) is 0 Å². The number of urea groups is 1. The standard InChI is InChI=1S/C22H22F3N5O3S/c23-22(24,25)18-6-8-20(9-7-18)34(32,33)29-12-10-28(11-13-29)21(31)26-14-17-15-27-30(16-17)19-4-2-1-3-5-19/h1-9,15-16H,10-14H2,(H,26,31). The van der Waals surface area contributed by atoms with Gasteiger partial charge in [0.05, 0.1) is 22.3 Å². The van der Waals surface area contributed by atoms with Crippen LogP contribution in [0.1, 0.15) is 11.1 Å². The second-order valence-electron chi connectivity index (χ2n) is 7.70. The maximum atomic E-state index is 12.8. The highest BCUT2D eigenvalue weighted by atomic mass is 32.2. The second-order valence-corrected chi connectivity index (χ2v) is 9.64. The molecule has 0 radical (unpaired) electrons. The Balaban J connectivity index is 1.30. The van der Waals surface area contributed by atoms with Gasteiger partial charge in [-0.25, -0.2) is 17.9 Å². The predicted octanol–water partition coefficient (Wildman–Crippen LogP) is 3.11. The van der Waals surface area contributed by atoms with Crippen molar-refractivity contribution in [1.29, 1.82) is 0 Å². The summed E-state index contributed by atoms with van der Waals surface area (Å²) in [5.74, 6) is 0. The van der Waals surface area contributed by atoms with Crippen LogP contribution in [0.3, 0.4) is 0 Å². The van der Waals surface area contributed by atoms with Gasteiger partial charge in [-0.15, -0.1) is 0 Å². The Kier molecular flexibility index (Phi) is 6.62. The molecule has 2 heterocycles. The summed E-state index contributed by atoms with van der Waals surface area (Å²) < 4.78 is 66.6. The number of hydrogen-bond donors (Lipinski definition) is 1. The first-order valence-electron chi connectivity index (χ1n) is 10.4. The molecule has 4 rings (SSSR count). The van der Waals surface area contributed by atoms with Crippen LogP contribution >= 0.6 is 0 Å². The van der Waals surface area contributed by atoms with Gasteiger partial charge in [0.25, 0.3) is 0 Å². The number of hydrogen-bond acceptors (Lipinski definition) is 4. The number of carbonyl (C=O) groups excluding carboxylic acids is 1. The van der Waals surface area contributed by atoms with E-state index in [1.54, 1.807) is 10.9 Å². The number of carbonyl (C=O) groups is 1. The maximum absolute atomic E-state index is 12.8. The smallest absolute Gasteiger partial charge is 0.334 e. The van der Waals surface area contributed by atoms with Crippen molar-refractivity contribution in [3.05, 3.63) is 78.1 Å². The predicted molar refractivity (Wildman–Crippen MR) is 118 cm³/mol. The molecule has 1 fully saturated rings. The molecule has 1 saturated heterocycles. The van der Waals surface area contributed by atoms with Gasteiger partial charge in [0.1, 0.15) is 0 Å². The highest BCUT2D eigenvalue weighted by Gasteiger charge is 2.33. The monoisotopic (exact) mass is 493 g/mol. The summed E-state index contributed by atoms with van der Waals surface area (Å²) in [6.45, 7) is 0.672. The first kappa shape index (κ1) is 23.8. The first-order valence-corrected chi connectivity index (χ1v) is 11.9. The van der Waals surface area contributed by atoms with Crippen LogP contribution in [0.15, 0.2) is 71.9 Å². The lowest BCUT2D eigenvalue weighted by Crippen LogP contribution is -2.52. The van der Waals surface area contributed by atoms with Gasteiger partial charge in [0.2, 0.25) is 10.0 Å². The fourth-order valence-electron chi connectivity index (χ4n) is 3.56. The number of benzene rings is 2. The molecule has 3 aromatic rings. The van der Waals surface area contributed by atoms with Gasteiger partial charge in [-0.05, 0) is 36.4 Å². The molecule has 0 atom stereocenters. The quantitative estimate of drug-likeness (QED) is 0.592. The average molecular weight is 494 g/mol. The summed E-state index contributed by atoms with van der Waals surface area (Å²) in [6, 6.07) is 12.6. The minimum Gasteiger partial charge on any atom is -0.334 e. The van der Waals surface area contributed by atoms with E-state index < -0.39 is 21.8 Å². The molecule has 0 bridgehead atoms. The third kappa shape index (κ3) is 5.23. The van der Waals surface area contributed by atoms with Crippen molar-refractivity contribution >= 4 is 16.1 Å². The zero-order chi connectivity index (χ0) is 24.3. The molecule has 1 aromatic heterocycles. The van der Waals surface area contributed by atoms with Gasteiger partial charge in [-0.2, -0.15) is 22.6 Å². The molecule has 0 unspecified atom stereocenters. The number of halogens is 3. The van der Waals surface area contributed by atoms with Crippen LogP contribution in [0.5, 0.6) is 0 Å². The van der Waals surface area contributed by atoms with Gasteiger partial charge in [-0.1, -0.05) is 18.2 Å². The maximum Gasteiger partial charge on any atom is 0.416 e. The molecule has 8 nitrogen and oxygen atoms in total. The van der Waals surface area contributed by atoms with Gasteiger partial charge >= 0.3 is 12.2 Å². The number of aromatic nitrogens is 2.